The molecule has 0 bridgehead atoms. The van der Waals surface area contributed by atoms with Crippen molar-refractivity contribution in [2.24, 2.45) is 11.8 Å². The van der Waals surface area contributed by atoms with Crippen LogP contribution in [0.15, 0.2) is 11.8 Å². The predicted molar refractivity (Wildman–Crippen MR) is 65.2 cm³/mol. The van der Waals surface area contributed by atoms with Crippen LogP contribution in [0.3, 0.4) is 0 Å². The third-order valence-corrected chi connectivity index (χ3v) is 4.15. The van der Waals surface area contributed by atoms with Crippen molar-refractivity contribution in [3.05, 3.63) is 11.8 Å². The molecule has 0 aromatic heterocycles. The summed E-state index contributed by atoms with van der Waals surface area (Å²) in [5.74, 6) is 0.495. The summed E-state index contributed by atoms with van der Waals surface area (Å²) < 4.78 is 26.9. The third-order valence-electron chi connectivity index (χ3n) is 4.15. The van der Waals surface area contributed by atoms with E-state index in [1.807, 2.05) is 13.2 Å². The fourth-order valence-corrected chi connectivity index (χ4v) is 2.98. The molecule has 1 aliphatic heterocycles. The van der Waals surface area contributed by atoms with Gasteiger partial charge >= 0.3 is 0 Å². The fourth-order valence-electron chi connectivity index (χ4n) is 2.98. The molecule has 0 radical (unpaired) electrons. The van der Waals surface area contributed by atoms with Gasteiger partial charge in [0.2, 0.25) is 0 Å². The lowest BCUT2D eigenvalue weighted by Crippen LogP contribution is -2.43. The zero-order chi connectivity index (χ0) is 12.4. The predicted octanol–water partition coefficient (Wildman–Crippen LogP) is 2.17. The second-order valence-corrected chi connectivity index (χ2v) is 5.39. The second-order valence-electron chi connectivity index (χ2n) is 5.39. The Kier molecular flexibility index (Phi) is 4.02. The zero-order valence-corrected chi connectivity index (χ0v) is 10.5. The lowest BCUT2D eigenvalue weighted by Gasteiger charge is -2.40. The van der Waals surface area contributed by atoms with E-state index in [0.717, 1.165) is 13.0 Å². The lowest BCUT2D eigenvalue weighted by atomic mass is 9.71. The van der Waals surface area contributed by atoms with E-state index in [1.165, 1.54) is 5.57 Å². The maximum Gasteiger partial charge on any atom is 0.132 e. The van der Waals surface area contributed by atoms with Crippen LogP contribution in [0.1, 0.15) is 26.2 Å². The Morgan fingerprint density at radius 3 is 2.82 bits per heavy atom. The van der Waals surface area contributed by atoms with Crippen molar-refractivity contribution in [3.8, 4) is 0 Å². The topological polar surface area (TPSA) is 24.1 Å². The van der Waals surface area contributed by atoms with Crippen molar-refractivity contribution in [2.45, 2.75) is 44.6 Å². The minimum Gasteiger partial charge on any atom is -0.391 e. The van der Waals surface area contributed by atoms with Gasteiger partial charge < -0.3 is 10.6 Å². The Labute approximate surface area is 102 Å². The van der Waals surface area contributed by atoms with Crippen molar-refractivity contribution >= 4 is 0 Å². The Morgan fingerprint density at radius 1 is 1.41 bits per heavy atom. The number of halogens is 2. The first-order valence-electron chi connectivity index (χ1n) is 6.49. The number of fused-ring (bicyclic) bond motifs is 1. The van der Waals surface area contributed by atoms with Gasteiger partial charge in [-0.05, 0) is 56.8 Å². The number of hydrogen-bond donors (Lipinski definition) is 2. The monoisotopic (exact) mass is 244 g/mol. The zero-order valence-electron chi connectivity index (χ0n) is 10.5. The first-order valence-corrected chi connectivity index (χ1v) is 6.49. The normalized spacial score (nSPS) is 38.9. The fraction of sp³-hybridized carbons (Fsp3) is 0.846. The summed E-state index contributed by atoms with van der Waals surface area (Å²) in [5.41, 5.74) is 1.25. The van der Waals surface area contributed by atoms with Gasteiger partial charge in [0.05, 0.1) is 0 Å². The molecule has 1 saturated carbocycles. The highest BCUT2D eigenvalue weighted by Crippen LogP contribution is 2.40. The maximum atomic E-state index is 13.5. The van der Waals surface area contributed by atoms with Crippen LogP contribution in [0.25, 0.3) is 0 Å². The van der Waals surface area contributed by atoms with E-state index in [0.29, 0.717) is 18.9 Å². The molecule has 0 aromatic carbocycles. The number of hydrogen-bond acceptors (Lipinski definition) is 2. The third kappa shape index (κ3) is 2.79. The first-order chi connectivity index (χ1) is 8.11. The minimum absolute atomic E-state index is 0.231. The first kappa shape index (κ1) is 12.8. The molecule has 0 saturated heterocycles. The van der Waals surface area contributed by atoms with Crippen LogP contribution in [0.4, 0.5) is 8.78 Å². The summed E-state index contributed by atoms with van der Waals surface area (Å²) in [6.45, 7) is 2.90. The van der Waals surface area contributed by atoms with Crippen LogP contribution < -0.4 is 10.6 Å². The Bertz CT molecular complexity index is 293. The lowest BCUT2D eigenvalue weighted by molar-refractivity contribution is 0.0579. The summed E-state index contributed by atoms with van der Waals surface area (Å²) in [6.07, 6.45) is 1.11. The largest absolute Gasteiger partial charge is 0.391 e. The Hall–Kier alpha value is -0.640. The molecule has 0 aromatic rings. The van der Waals surface area contributed by atoms with Gasteiger partial charge in [0, 0.05) is 12.6 Å². The van der Waals surface area contributed by atoms with Gasteiger partial charge in [-0.15, -0.1) is 0 Å². The van der Waals surface area contributed by atoms with Gasteiger partial charge in [0.15, 0.2) is 0 Å². The van der Waals surface area contributed by atoms with Crippen LogP contribution in [-0.4, -0.2) is 32.0 Å². The molecule has 1 heterocycles. The molecule has 2 nitrogen and oxygen atoms in total. The van der Waals surface area contributed by atoms with E-state index in [9.17, 15) is 8.78 Å². The smallest absolute Gasteiger partial charge is 0.132 e. The van der Waals surface area contributed by atoms with Crippen molar-refractivity contribution in [1.29, 1.82) is 0 Å². The molecule has 5 atom stereocenters. The maximum absolute atomic E-state index is 13.5. The van der Waals surface area contributed by atoms with E-state index in [1.54, 1.807) is 0 Å². The molecule has 4 heteroatoms. The van der Waals surface area contributed by atoms with Crippen LogP contribution in [-0.2, 0) is 0 Å². The molecular formula is C13H22F2N2. The summed E-state index contributed by atoms with van der Waals surface area (Å²) in [6, 6.07) is 0.378. The van der Waals surface area contributed by atoms with E-state index in [-0.39, 0.29) is 11.8 Å². The molecule has 1 aliphatic carbocycles. The molecule has 0 amide bonds. The average Bonchev–Trinajstić information content (AvgIpc) is 2.31. The molecule has 0 spiro atoms. The average molecular weight is 244 g/mol. The molecule has 2 aliphatic rings. The SMILES string of the molecule is CNC(C)CC1=CNC[C@@H]2CC(F)C(F)CC12. The molecule has 4 unspecified atom stereocenters. The van der Waals surface area contributed by atoms with Crippen molar-refractivity contribution < 1.29 is 8.78 Å². The van der Waals surface area contributed by atoms with Crippen LogP contribution in [0, 0.1) is 11.8 Å². The highest BCUT2D eigenvalue weighted by molar-refractivity contribution is 5.15. The van der Waals surface area contributed by atoms with Gasteiger partial charge in [-0.1, -0.05) is 0 Å². The number of rotatable bonds is 3. The summed E-state index contributed by atoms with van der Waals surface area (Å²) in [5, 5.41) is 6.41. The Balaban J connectivity index is 2.05. The minimum atomic E-state index is -1.28. The van der Waals surface area contributed by atoms with E-state index >= 15 is 0 Å². The number of alkyl halides is 2. The quantitative estimate of drug-likeness (QED) is 0.795. The summed E-state index contributed by atoms with van der Waals surface area (Å²) in [4.78, 5) is 0. The van der Waals surface area contributed by atoms with Gasteiger partial charge in [0.25, 0.3) is 0 Å². The molecular weight excluding hydrogens is 222 g/mol. The molecule has 17 heavy (non-hydrogen) atoms. The summed E-state index contributed by atoms with van der Waals surface area (Å²) >= 11 is 0. The van der Waals surface area contributed by atoms with Gasteiger partial charge in [0.1, 0.15) is 12.3 Å². The van der Waals surface area contributed by atoms with E-state index in [2.05, 4.69) is 17.6 Å². The van der Waals surface area contributed by atoms with Crippen LogP contribution in [0.2, 0.25) is 0 Å². The number of nitrogens with one attached hydrogen (secondary N) is 2. The molecule has 2 N–H and O–H groups in total. The van der Waals surface area contributed by atoms with Gasteiger partial charge in [-0.25, -0.2) is 8.78 Å². The van der Waals surface area contributed by atoms with Crippen LogP contribution in [0.5, 0.6) is 0 Å². The van der Waals surface area contributed by atoms with Crippen molar-refractivity contribution in [2.75, 3.05) is 13.6 Å². The van der Waals surface area contributed by atoms with Gasteiger partial charge in [-0.2, -0.15) is 0 Å². The molecule has 2 rings (SSSR count). The van der Waals surface area contributed by atoms with Crippen molar-refractivity contribution in [1.82, 2.24) is 10.6 Å². The highest BCUT2D eigenvalue weighted by Gasteiger charge is 2.40. The van der Waals surface area contributed by atoms with Crippen molar-refractivity contribution in [3.63, 3.8) is 0 Å². The van der Waals surface area contributed by atoms with E-state index in [4.69, 9.17) is 0 Å². The standard InChI is InChI=1S/C13H22F2N2/c1-8(16-2)3-9-6-17-7-10-4-12(14)13(15)5-11(9)10/h6,8,10-13,16-17H,3-5,7H2,1-2H3/t8?,10-,11?,12?,13?/m0/s1. The van der Waals surface area contributed by atoms with Gasteiger partial charge in [-0.3, -0.25) is 0 Å². The highest BCUT2D eigenvalue weighted by atomic mass is 19.2. The molecule has 98 valence electrons. The van der Waals surface area contributed by atoms with Crippen LogP contribution >= 0.6 is 0 Å². The molecule has 1 fully saturated rings. The van der Waals surface area contributed by atoms with E-state index < -0.39 is 12.3 Å². The Morgan fingerprint density at radius 2 is 2.12 bits per heavy atom. The second kappa shape index (κ2) is 5.34. The summed E-state index contributed by atoms with van der Waals surface area (Å²) in [7, 11) is 1.93.